The first-order chi connectivity index (χ1) is 10.2. The Morgan fingerprint density at radius 3 is 2.55 bits per heavy atom. The van der Waals surface area contributed by atoms with Gasteiger partial charge in [-0.05, 0) is 31.7 Å². The molecule has 1 atom stereocenters. The standard InChI is InChI=1S/C15H21F2NO3S/c1-15(19,13-7-6-12(16)8-14(13)17)10-18-22(20,21)9-11-4-2-3-5-11/h6-8,11,18-19H,2-5,9-10H2,1H3. The lowest BCUT2D eigenvalue weighted by atomic mass is 9.96. The van der Waals surface area contributed by atoms with Crippen LogP contribution in [0.1, 0.15) is 38.2 Å². The van der Waals surface area contributed by atoms with Crippen molar-refractivity contribution in [1.82, 2.24) is 4.72 Å². The van der Waals surface area contributed by atoms with E-state index in [1.165, 1.54) is 6.92 Å². The maximum absolute atomic E-state index is 13.7. The van der Waals surface area contributed by atoms with E-state index in [2.05, 4.69) is 4.72 Å². The number of nitrogens with one attached hydrogen (secondary N) is 1. The summed E-state index contributed by atoms with van der Waals surface area (Å²) in [6.07, 6.45) is 3.87. The van der Waals surface area contributed by atoms with Crippen molar-refractivity contribution in [3.05, 3.63) is 35.4 Å². The average molecular weight is 333 g/mol. The van der Waals surface area contributed by atoms with Crippen molar-refractivity contribution in [1.29, 1.82) is 0 Å². The third-order valence-electron chi connectivity index (χ3n) is 4.08. The molecule has 1 saturated carbocycles. The molecule has 0 bridgehead atoms. The van der Waals surface area contributed by atoms with Gasteiger partial charge in [-0.25, -0.2) is 21.9 Å². The molecule has 2 N–H and O–H groups in total. The summed E-state index contributed by atoms with van der Waals surface area (Å²) < 4.78 is 53.0. The molecule has 22 heavy (non-hydrogen) atoms. The van der Waals surface area contributed by atoms with E-state index in [4.69, 9.17) is 0 Å². The van der Waals surface area contributed by atoms with Gasteiger partial charge < -0.3 is 5.11 Å². The van der Waals surface area contributed by atoms with E-state index >= 15 is 0 Å². The minimum Gasteiger partial charge on any atom is -0.384 e. The number of benzene rings is 1. The van der Waals surface area contributed by atoms with Crippen LogP contribution < -0.4 is 4.72 Å². The van der Waals surface area contributed by atoms with Crippen LogP contribution in [-0.4, -0.2) is 25.8 Å². The average Bonchev–Trinajstić information content (AvgIpc) is 2.88. The molecule has 1 fully saturated rings. The molecular formula is C15H21F2NO3S. The molecule has 0 amide bonds. The zero-order chi connectivity index (χ0) is 16.4. The van der Waals surface area contributed by atoms with Crippen molar-refractivity contribution in [3.8, 4) is 0 Å². The predicted octanol–water partition coefficient (Wildman–Crippen LogP) is 2.28. The highest BCUT2D eigenvalue weighted by Crippen LogP contribution is 2.27. The fourth-order valence-electron chi connectivity index (χ4n) is 2.82. The van der Waals surface area contributed by atoms with Crippen molar-refractivity contribution in [3.63, 3.8) is 0 Å². The topological polar surface area (TPSA) is 66.4 Å². The fraction of sp³-hybridized carbons (Fsp3) is 0.600. The smallest absolute Gasteiger partial charge is 0.211 e. The Hall–Kier alpha value is -1.05. The summed E-state index contributed by atoms with van der Waals surface area (Å²) in [5.74, 6) is -1.49. The lowest BCUT2D eigenvalue weighted by Crippen LogP contribution is -2.40. The molecule has 124 valence electrons. The largest absolute Gasteiger partial charge is 0.384 e. The highest BCUT2D eigenvalue weighted by atomic mass is 32.2. The minimum absolute atomic E-state index is 0.0228. The molecule has 1 aliphatic rings. The quantitative estimate of drug-likeness (QED) is 0.839. The third kappa shape index (κ3) is 4.47. The lowest BCUT2D eigenvalue weighted by molar-refractivity contribution is 0.0588. The molecule has 0 heterocycles. The van der Waals surface area contributed by atoms with Crippen molar-refractivity contribution >= 4 is 10.0 Å². The second-order valence-electron chi connectivity index (χ2n) is 6.15. The second-order valence-corrected chi connectivity index (χ2v) is 8.00. The van der Waals surface area contributed by atoms with Gasteiger partial charge in [-0.3, -0.25) is 0 Å². The van der Waals surface area contributed by atoms with E-state index in [9.17, 15) is 22.3 Å². The highest BCUT2D eigenvalue weighted by molar-refractivity contribution is 7.89. The molecule has 4 nitrogen and oxygen atoms in total. The molecule has 7 heteroatoms. The molecule has 0 saturated heterocycles. The van der Waals surface area contributed by atoms with Crippen LogP contribution in [0, 0.1) is 17.6 Å². The maximum atomic E-state index is 13.7. The van der Waals surface area contributed by atoms with Crippen LogP contribution in [0.25, 0.3) is 0 Å². The molecule has 0 aromatic heterocycles. The Balaban J connectivity index is 2.02. The van der Waals surface area contributed by atoms with Crippen LogP contribution in [0.2, 0.25) is 0 Å². The Labute approximate surface area is 129 Å². The summed E-state index contributed by atoms with van der Waals surface area (Å²) >= 11 is 0. The SMILES string of the molecule is CC(O)(CNS(=O)(=O)CC1CCCC1)c1ccc(F)cc1F. The molecule has 1 aromatic rings. The molecule has 1 aliphatic carbocycles. The van der Waals surface area contributed by atoms with Crippen molar-refractivity contribution in [2.45, 2.75) is 38.2 Å². The molecule has 1 unspecified atom stereocenters. The normalized spacial score (nSPS) is 19.3. The molecular weight excluding hydrogens is 312 g/mol. The number of hydrogen-bond acceptors (Lipinski definition) is 3. The van der Waals surface area contributed by atoms with Gasteiger partial charge in [-0.2, -0.15) is 0 Å². The van der Waals surface area contributed by atoms with Gasteiger partial charge >= 0.3 is 0 Å². The Morgan fingerprint density at radius 1 is 1.32 bits per heavy atom. The van der Waals surface area contributed by atoms with Gasteiger partial charge in [0.05, 0.1) is 5.75 Å². The highest BCUT2D eigenvalue weighted by Gasteiger charge is 2.30. The summed E-state index contributed by atoms with van der Waals surface area (Å²) in [4.78, 5) is 0. The summed E-state index contributed by atoms with van der Waals surface area (Å²) in [6.45, 7) is 0.937. The van der Waals surface area contributed by atoms with Crippen molar-refractivity contribution < 1.29 is 22.3 Å². The van der Waals surface area contributed by atoms with Gasteiger partial charge in [0.2, 0.25) is 10.0 Å². The Kier molecular flexibility index (Phi) is 5.19. The second kappa shape index (κ2) is 6.60. The zero-order valence-corrected chi connectivity index (χ0v) is 13.3. The molecule has 0 spiro atoms. The summed E-state index contributed by atoms with van der Waals surface area (Å²) in [5.41, 5.74) is -1.89. The minimum atomic E-state index is -3.53. The molecule has 0 aliphatic heterocycles. The lowest BCUT2D eigenvalue weighted by Gasteiger charge is -2.25. The third-order valence-corrected chi connectivity index (χ3v) is 5.57. The summed E-state index contributed by atoms with van der Waals surface area (Å²) in [7, 11) is -3.53. The van der Waals surface area contributed by atoms with Crippen molar-refractivity contribution in [2.75, 3.05) is 12.3 Å². The number of sulfonamides is 1. The predicted molar refractivity (Wildman–Crippen MR) is 79.7 cm³/mol. The molecule has 2 rings (SSSR count). The number of halogens is 2. The van der Waals surface area contributed by atoms with E-state index in [-0.39, 0.29) is 23.8 Å². The van der Waals surface area contributed by atoms with E-state index < -0.39 is 27.3 Å². The van der Waals surface area contributed by atoms with Crippen LogP contribution in [-0.2, 0) is 15.6 Å². The van der Waals surface area contributed by atoms with Gasteiger partial charge in [0, 0.05) is 18.2 Å². The fourth-order valence-corrected chi connectivity index (χ4v) is 4.39. The number of rotatable bonds is 6. The van der Waals surface area contributed by atoms with Gasteiger partial charge in [-0.15, -0.1) is 0 Å². The van der Waals surface area contributed by atoms with E-state index in [1.54, 1.807) is 0 Å². The van der Waals surface area contributed by atoms with Gasteiger partial charge in [-0.1, -0.05) is 18.9 Å². The van der Waals surface area contributed by atoms with E-state index in [0.717, 1.165) is 37.8 Å². The summed E-state index contributed by atoms with van der Waals surface area (Å²) in [5, 5.41) is 10.3. The van der Waals surface area contributed by atoms with E-state index in [1.807, 2.05) is 0 Å². The van der Waals surface area contributed by atoms with Crippen molar-refractivity contribution in [2.24, 2.45) is 5.92 Å². The van der Waals surface area contributed by atoms with E-state index in [0.29, 0.717) is 6.07 Å². The Bertz CT molecular complexity index is 626. The van der Waals surface area contributed by atoms with Gasteiger partial charge in [0.15, 0.2) is 0 Å². The first-order valence-electron chi connectivity index (χ1n) is 7.35. The Morgan fingerprint density at radius 2 is 1.95 bits per heavy atom. The molecule has 1 aromatic carbocycles. The monoisotopic (exact) mass is 333 g/mol. The van der Waals surface area contributed by atoms with Gasteiger partial charge in [0.1, 0.15) is 17.2 Å². The van der Waals surface area contributed by atoms with Crippen LogP contribution >= 0.6 is 0 Å². The van der Waals surface area contributed by atoms with Crippen LogP contribution in [0.5, 0.6) is 0 Å². The summed E-state index contributed by atoms with van der Waals surface area (Å²) in [6, 6.07) is 2.81. The maximum Gasteiger partial charge on any atom is 0.211 e. The number of hydrogen-bond donors (Lipinski definition) is 2. The first-order valence-corrected chi connectivity index (χ1v) is 9.00. The van der Waals surface area contributed by atoms with Gasteiger partial charge in [0.25, 0.3) is 0 Å². The first kappa shape index (κ1) is 17.3. The van der Waals surface area contributed by atoms with Crippen LogP contribution in [0.15, 0.2) is 18.2 Å². The molecule has 0 radical (unpaired) electrons. The van der Waals surface area contributed by atoms with Crippen LogP contribution in [0.3, 0.4) is 0 Å². The van der Waals surface area contributed by atoms with Crippen LogP contribution in [0.4, 0.5) is 8.78 Å². The zero-order valence-electron chi connectivity index (χ0n) is 12.5. The number of aliphatic hydroxyl groups is 1.